The Bertz CT molecular complexity index is 1240. The second-order valence-corrected chi connectivity index (χ2v) is 7.88. The van der Waals surface area contributed by atoms with Crippen molar-refractivity contribution in [3.05, 3.63) is 72.3 Å². The molecule has 7 heteroatoms. The highest BCUT2D eigenvalue weighted by Crippen LogP contribution is 2.25. The van der Waals surface area contributed by atoms with E-state index in [1.807, 2.05) is 35.2 Å². The zero-order valence-electron chi connectivity index (χ0n) is 17.2. The fourth-order valence-electron chi connectivity index (χ4n) is 3.85. The summed E-state index contributed by atoms with van der Waals surface area (Å²) in [6.45, 7) is 3.29. The molecule has 0 atom stereocenters. The van der Waals surface area contributed by atoms with Gasteiger partial charge in [0.25, 0.3) is 5.91 Å². The van der Waals surface area contributed by atoms with Crippen LogP contribution in [0.4, 0.5) is 4.39 Å². The van der Waals surface area contributed by atoms with Crippen LogP contribution in [0.3, 0.4) is 0 Å². The summed E-state index contributed by atoms with van der Waals surface area (Å²) in [5.74, 6) is -0.214. The molecule has 6 nitrogen and oxygen atoms in total. The number of nitrogens with one attached hydrogen (secondary N) is 1. The second-order valence-electron chi connectivity index (χ2n) is 7.88. The van der Waals surface area contributed by atoms with Crippen molar-refractivity contribution < 1.29 is 9.18 Å². The molecule has 1 aliphatic rings. The molecule has 0 spiro atoms. The molecule has 4 aromatic rings. The largest absolute Gasteiger partial charge is 0.353 e. The van der Waals surface area contributed by atoms with Gasteiger partial charge in [-0.05, 0) is 43.4 Å². The molecule has 1 N–H and O–H groups in total. The van der Waals surface area contributed by atoms with E-state index in [4.69, 9.17) is 4.98 Å². The number of fused-ring (bicyclic) bond motifs is 1. The molecule has 0 aliphatic carbocycles. The van der Waals surface area contributed by atoms with Crippen LogP contribution in [0.5, 0.6) is 0 Å². The van der Waals surface area contributed by atoms with Crippen LogP contribution in [0.15, 0.2) is 60.9 Å². The van der Waals surface area contributed by atoms with Crippen LogP contribution in [0.2, 0.25) is 0 Å². The minimum absolute atomic E-state index is 0.0600. The first-order chi connectivity index (χ1) is 15.1. The molecule has 0 radical (unpaired) electrons. The maximum atomic E-state index is 13.5. The Kier molecular flexibility index (Phi) is 4.95. The predicted molar refractivity (Wildman–Crippen MR) is 118 cm³/mol. The number of halogens is 1. The smallest absolute Gasteiger partial charge is 0.253 e. The maximum Gasteiger partial charge on any atom is 0.253 e. The summed E-state index contributed by atoms with van der Waals surface area (Å²) in [5.41, 5.74) is 4.56. The van der Waals surface area contributed by atoms with Crippen LogP contribution < -0.4 is 0 Å². The number of piperazine rings is 1. The van der Waals surface area contributed by atoms with E-state index >= 15 is 0 Å². The van der Waals surface area contributed by atoms with E-state index in [0.717, 1.165) is 48.3 Å². The number of hydrogen-bond acceptors (Lipinski definition) is 4. The summed E-state index contributed by atoms with van der Waals surface area (Å²) in [6, 6.07) is 14.0. The van der Waals surface area contributed by atoms with E-state index < -0.39 is 0 Å². The number of hydrogen-bond donors (Lipinski definition) is 1. The highest BCUT2D eigenvalue weighted by Gasteiger charge is 2.20. The van der Waals surface area contributed by atoms with Gasteiger partial charge in [-0.3, -0.25) is 9.78 Å². The van der Waals surface area contributed by atoms with E-state index in [1.165, 1.54) is 12.1 Å². The first-order valence-electron chi connectivity index (χ1n) is 10.3. The highest BCUT2D eigenvalue weighted by atomic mass is 19.1. The van der Waals surface area contributed by atoms with Gasteiger partial charge < -0.3 is 14.8 Å². The SMILES string of the molecule is CN1CCN(C(=O)c2ccc(-c3cncc(-c4cc5cc(F)ccc5[nH]4)n3)cc2)CC1. The summed E-state index contributed by atoms with van der Waals surface area (Å²) >= 11 is 0. The van der Waals surface area contributed by atoms with Crippen molar-refractivity contribution >= 4 is 16.8 Å². The van der Waals surface area contributed by atoms with E-state index in [9.17, 15) is 9.18 Å². The number of nitrogens with zero attached hydrogens (tertiary/aromatic N) is 4. The fraction of sp³-hybridized carbons (Fsp3) is 0.208. The normalized spacial score (nSPS) is 14.8. The van der Waals surface area contributed by atoms with Crippen LogP contribution >= 0.6 is 0 Å². The average molecular weight is 415 g/mol. The molecule has 31 heavy (non-hydrogen) atoms. The number of amides is 1. The van der Waals surface area contributed by atoms with Crippen LogP contribution in [0.1, 0.15) is 10.4 Å². The van der Waals surface area contributed by atoms with Crippen molar-refractivity contribution in [1.29, 1.82) is 0 Å². The number of likely N-dealkylation sites (N-methyl/N-ethyl adjacent to an activating group) is 1. The van der Waals surface area contributed by atoms with Crippen molar-refractivity contribution in [2.24, 2.45) is 0 Å². The first-order valence-corrected chi connectivity index (χ1v) is 10.3. The lowest BCUT2D eigenvalue weighted by Crippen LogP contribution is -2.47. The molecule has 1 fully saturated rings. The predicted octanol–water partition coefficient (Wildman–Crippen LogP) is 3.82. The summed E-state index contributed by atoms with van der Waals surface area (Å²) in [5, 5.41) is 0.786. The molecule has 156 valence electrons. The Balaban J connectivity index is 1.38. The molecule has 2 aromatic carbocycles. The van der Waals surface area contributed by atoms with Crippen molar-refractivity contribution in [2.75, 3.05) is 33.2 Å². The van der Waals surface area contributed by atoms with Gasteiger partial charge in [0.15, 0.2) is 0 Å². The Morgan fingerprint density at radius 1 is 0.968 bits per heavy atom. The van der Waals surface area contributed by atoms with Crippen LogP contribution in [-0.4, -0.2) is 63.9 Å². The molecule has 5 rings (SSSR count). The van der Waals surface area contributed by atoms with Gasteiger partial charge in [-0.1, -0.05) is 12.1 Å². The van der Waals surface area contributed by atoms with Crippen LogP contribution in [0, 0.1) is 5.82 Å². The van der Waals surface area contributed by atoms with Crippen LogP contribution in [0.25, 0.3) is 33.5 Å². The van der Waals surface area contributed by atoms with E-state index in [2.05, 4.69) is 21.9 Å². The van der Waals surface area contributed by atoms with E-state index in [-0.39, 0.29) is 11.7 Å². The number of carbonyl (C=O) groups excluding carboxylic acids is 1. The Morgan fingerprint density at radius 3 is 2.48 bits per heavy atom. The van der Waals surface area contributed by atoms with E-state index in [0.29, 0.717) is 17.0 Å². The first kappa shape index (κ1) is 19.4. The number of carbonyl (C=O) groups is 1. The number of H-pyrrole nitrogens is 1. The molecule has 0 unspecified atom stereocenters. The molecule has 1 saturated heterocycles. The maximum absolute atomic E-state index is 13.5. The number of benzene rings is 2. The van der Waals surface area contributed by atoms with Gasteiger partial charge in [-0.2, -0.15) is 0 Å². The molecule has 2 aromatic heterocycles. The van der Waals surface area contributed by atoms with E-state index in [1.54, 1.807) is 18.5 Å². The molecule has 3 heterocycles. The van der Waals surface area contributed by atoms with Crippen molar-refractivity contribution in [2.45, 2.75) is 0 Å². The van der Waals surface area contributed by atoms with Gasteiger partial charge >= 0.3 is 0 Å². The van der Waals surface area contributed by atoms with Crippen molar-refractivity contribution in [3.63, 3.8) is 0 Å². The van der Waals surface area contributed by atoms with Crippen LogP contribution in [-0.2, 0) is 0 Å². The van der Waals surface area contributed by atoms with Gasteiger partial charge in [0.2, 0.25) is 0 Å². The molecule has 1 amide bonds. The standard InChI is InChI=1S/C24H22FN5O/c1-29-8-10-30(11-9-29)24(31)17-4-2-16(3-5-17)22-14-26-15-23(28-22)21-13-18-12-19(25)6-7-20(18)27-21/h2-7,12-15,27H,8-11H2,1H3. The third-order valence-corrected chi connectivity index (χ3v) is 5.71. The minimum atomic E-state index is -0.274. The molecular formula is C24H22FN5O. The lowest BCUT2D eigenvalue weighted by Gasteiger charge is -2.32. The average Bonchev–Trinajstić information content (AvgIpc) is 3.23. The van der Waals surface area contributed by atoms with Gasteiger partial charge in [-0.25, -0.2) is 9.37 Å². The lowest BCUT2D eigenvalue weighted by molar-refractivity contribution is 0.0664. The lowest BCUT2D eigenvalue weighted by atomic mass is 10.1. The molecule has 0 bridgehead atoms. The van der Waals surface area contributed by atoms with Gasteiger partial charge in [0.05, 0.1) is 23.8 Å². The Morgan fingerprint density at radius 2 is 1.71 bits per heavy atom. The van der Waals surface area contributed by atoms with Gasteiger partial charge in [0, 0.05) is 48.2 Å². The van der Waals surface area contributed by atoms with Gasteiger partial charge in [-0.15, -0.1) is 0 Å². The summed E-state index contributed by atoms with van der Waals surface area (Å²) in [6.07, 6.45) is 3.37. The molecule has 0 saturated carbocycles. The van der Waals surface area contributed by atoms with Crippen molar-refractivity contribution in [1.82, 2.24) is 24.8 Å². The van der Waals surface area contributed by atoms with Crippen molar-refractivity contribution in [3.8, 4) is 22.6 Å². The summed E-state index contributed by atoms with van der Waals surface area (Å²) in [7, 11) is 2.07. The highest BCUT2D eigenvalue weighted by molar-refractivity contribution is 5.94. The summed E-state index contributed by atoms with van der Waals surface area (Å²) in [4.78, 5) is 29.2. The zero-order chi connectivity index (χ0) is 21.4. The van der Waals surface area contributed by atoms with Gasteiger partial charge in [0.1, 0.15) is 11.5 Å². The monoisotopic (exact) mass is 415 g/mol. The zero-order valence-corrected chi connectivity index (χ0v) is 17.2. The Labute approximate surface area is 179 Å². The fourth-order valence-corrected chi connectivity index (χ4v) is 3.85. The minimum Gasteiger partial charge on any atom is -0.353 e. The number of rotatable bonds is 3. The Hall–Kier alpha value is -3.58. The third kappa shape index (κ3) is 3.92. The number of aromatic amines is 1. The second kappa shape index (κ2) is 7.92. The molecule has 1 aliphatic heterocycles. The third-order valence-electron chi connectivity index (χ3n) is 5.71. The topological polar surface area (TPSA) is 65.1 Å². The quantitative estimate of drug-likeness (QED) is 0.553. The number of aromatic nitrogens is 3. The summed E-state index contributed by atoms with van der Waals surface area (Å²) < 4.78 is 13.5. The molecular weight excluding hydrogens is 393 g/mol.